The molecule has 0 spiro atoms. The van der Waals surface area contributed by atoms with E-state index in [1.54, 1.807) is 0 Å². The Morgan fingerprint density at radius 1 is 1.17 bits per heavy atom. The van der Waals surface area contributed by atoms with Crippen LogP contribution in [0, 0.1) is 10.1 Å². The Morgan fingerprint density at radius 3 is 2.38 bits per heavy atom. The standard InChI is InChI=1S/C17H16Cl2N4O6/c18-14(19)15(25)20-9-3-5-21(6-4-9)13(24)8-22-16(26)11-2-1-10(23(28)29)7-12(11)17(22)27/h1-2,7,9,14H,3-6,8H2,(H,20,25). The summed E-state index contributed by atoms with van der Waals surface area (Å²) >= 11 is 11.0. The van der Waals surface area contributed by atoms with Gasteiger partial charge in [0.15, 0.2) is 4.84 Å². The molecule has 0 atom stereocenters. The maximum Gasteiger partial charge on any atom is 0.270 e. The Bertz CT molecular complexity index is 898. The molecule has 3 rings (SSSR count). The molecule has 12 heteroatoms. The van der Waals surface area contributed by atoms with Crippen molar-refractivity contribution in [2.45, 2.75) is 23.7 Å². The lowest BCUT2D eigenvalue weighted by molar-refractivity contribution is -0.384. The number of nitro groups is 1. The van der Waals surface area contributed by atoms with Gasteiger partial charge in [0.1, 0.15) is 6.54 Å². The van der Waals surface area contributed by atoms with E-state index in [1.807, 2.05) is 0 Å². The highest BCUT2D eigenvalue weighted by Gasteiger charge is 2.39. The topological polar surface area (TPSA) is 130 Å². The molecule has 0 bridgehead atoms. The van der Waals surface area contributed by atoms with Crippen LogP contribution in [0.4, 0.5) is 5.69 Å². The van der Waals surface area contributed by atoms with E-state index in [4.69, 9.17) is 23.2 Å². The fourth-order valence-electron chi connectivity index (χ4n) is 3.31. The molecule has 0 aliphatic carbocycles. The average Bonchev–Trinajstić information content (AvgIpc) is 2.92. The number of alkyl halides is 2. The van der Waals surface area contributed by atoms with Crippen molar-refractivity contribution < 1.29 is 24.1 Å². The summed E-state index contributed by atoms with van der Waals surface area (Å²) in [6, 6.07) is 3.22. The predicted molar refractivity (Wildman–Crippen MR) is 102 cm³/mol. The van der Waals surface area contributed by atoms with Crippen LogP contribution >= 0.6 is 23.2 Å². The number of likely N-dealkylation sites (tertiary alicyclic amines) is 1. The number of benzene rings is 1. The number of hydrogen-bond acceptors (Lipinski definition) is 6. The van der Waals surface area contributed by atoms with Gasteiger partial charge in [0, 0.05) is 31.3 Å². The van der Waals surface area contributed by atoms with Crippen LogP contribution in [0.5, 0.6) is 0 Å². The lowest BCUT2D eigenvalue weighted by atomic mass is 10.0. The quantitative estimate of drug-likeness (QED) is 0.314. The van der Waals surface area contributed by atoms with Crippen LogP contribution in [0.1, 0.15) is 33.6 Å². The van der Waals surface area contributed by atoms with E-state index in [2.05, 4.69) is 5.32 Å². The van der Waals surface area contributed by atoms with Crippen molar-refractivity contribution >= 4 is 52.5 Å². The molecule has 1 saturated heterocycles. The second-order valence-electron chi connectivity index (χ2n) is 6.65. The first-order valence-corrected chi connectivity index (χ1v) is 9.57. The Balaban J connectivity index is 1.60. The van der Waals surface area contributed by atoms with Gasteiger partial charge >= 0.3 is 0 Å². The molecule has 0 radical (unpaired) electrons. The average molecular weight is 443 g/mol. The summed E-state index contributed by atoms with van der Waals surface area (Å²) in [4.78, 5) is 60.3. The van der Waals surface area contributed by atoms with Crippen LogP contribution in [-0.4, -0.2) is 68.9 Å². The van der Waals surface area contributed by atoms with Crippen molar-refractivity contribution in [2.24, 2.45) is 0 Å². The van der Waals surface area contributed by atoms with Crippen molar-refractivity contribution in [3.8, 4) is 0 Å². The van der Waals surface area contributed by atoms with Gasteiger partial charge in [-0.05, 0) is 18.9 Å². The van der Waals surface area contributed by atoms with Crippen LogP contribution in [0.25, 0.3) is 0 Å². The maximum atomic E-state index is 12.6. The van der Waals surface area contributed by atoms with Gasteiger partial charge in [0.2, 0.25) is 5.91 Å². The highest BCUT2D eigenvalue weighted by Crippen LogP contribution is 2.27. The SMILES string of the molecule is O=C(NC1CCN(C(=O)CN2C(=O)c3ccc([N+](=O)[O-])cc3C2=O)CC1)C(Cl)Cl. The van der Waals surface area contributed by atoms with Gasteiger partial charge in [0.25, 0.3) is 23.4 Å². The molecule has 1 N–H and O–H groups in total. The zero-order valence-electron chi connectivity index (χ0n) is 15.0. The van der Waals surface area contributed by atoms with Gasteiger partial charge in [-0.1, -0.05) is 23.2 Å². The van der Waals surface area contributed by atoms with E-state index >= 15 is 0 Å². The maximum absolute atomic E-state index is 12.6. The number of rotatable bonds is 5. The molecule has 29 heavy (non-hydrogen) atoms. The molecule has 2 aliphatic heterocycles. The Morgan fingerprint density at radius 2 is 1.79 bits per heavy atom. The number of piperidine rings is 1. The van der Waals surface area contributed by atoms with Crippen molar-refractivity contribution in [2.75, 3.05) is 19.6 Å². The van der Waals surface area contributed by atoms with E-state index in [1.165, 1.54) is 11.0 Å². The van der Waals surface area contributed by atoms with Crippen LogP contribution in [0.15, 0.2) is 18.2 Å². The van der Waals surface area contributed by atoms with E-state index in [9.17, 15) is 29.3 Å². The second-order valence-corrected chi connectivity index (χ2v) is 7.74. The van der Waals surface area contributed by atoms with E-state index < -0.39 is 39.9 Å². The molecular weight excluding hydrogens is 427 g/mol. The van der Waals surface area contributed by atoms with Crippen LogP contribution in [-0.2, 0) is 9.59 Å². The first-order chi connectivity index (χ1) is 13.7. The first-order valence-electron chi connectivity index (χ1n) is 8.70. The summed E-state index contributed by atoms with van der Waals surface area (Å²) in [7, 11) is 0. The third-order valence-corrected chi connectivity index (χ3v) is 5.25. The minimum absolute atomic E-state index is 0.0338. The normalized spacial score (nSPS) is 16.9. The number of halogens is 2. The van der Waals surface area contributed by atoms with Gasteiger partial charge in [0.05, 0.1) is 16.1 Å². The van der Waals surface area contributed by atoms with Crippen LogP contribution in [0.2, 0.25) is 0 Å². The molecule has 2 aliphatic rings. The highest BCUT2D eigenvalue weighted by molar-refractivity contribution is 6.53. The molecular formula is C17H16Cl2N4O6. The number of amides is 4. The molecule has 1 fully saturated rings. The zero-order valence-corrected chi connectivity index (χ0v) is 16.5. The zero-order chi connectivity index (χ0) is 21.3. The van der Waals surface area contributed by atoms with Crippen molar-refractivity contribution in [3.05, 3.63) is 39.4 Å². The van der Waals surface area contributed by atoms with Crippen LogP contribution in [0.3, 0.4) is 0 Å². The summed E-state index contributed by atoms with van der Waals surface area (Å²) in [5.41, 5.74) is -0.361. The smallest absolute Gasteiger partial charge is 0.270 e. The van der Waals surface area contributed by atoms with Crippen LogP contribution < -0.4 is 5.32 Å². The molecule has 2 heterocycles. The number of imide groups is 1. The monoisotopic (exact) mass is 442 g/mol. The minimum atomic E-state index is -1.17. The predicted octanol–water partition coefficient (Wildman–Crippen LogP) is 1.10. The van der Waals surface area contributed by atoms with Crippen molar-refractivity contribution in [3.63, 3.8) is 0 Å². The Labute approximate surface area is 174 Å². The fraction of sp³-hybridized carbons (Fsp3) is 0.412. The fourth-order valence-corrected chi connectivity index (χ4v) is 3.43. The van der Waals surface area contributed by atoms with E-state index in [0.29, 0.717) is 25.9 Å². The van der Waals surface area contributed by atoms with Gasteiger partial charge in [-0.15, -0.1) is 0 Å². The molecule has 4 amide bonds. The van der Waals surface area contributed by atoms with Gasteiger partial charge in [-0.2, -0.15) is 0 Å². The van der Waals surface area contributed by atoms with Crippen molar-refractivity contribution in [1.29, 1.82) is 0 Å². The number of non-ortho nitro benzene ring substituents is 1. The lowest BCUT2D eigenvalue weighted by Gasteiger charge is -2.33. The number of hydrogen-bond donors (Lipinski definition) is 1. The number of nitro benzene ring substituents is 1. The molecule has 0 saturated carbocycles. The number of nitrogens with one attached hydrogen (secondary N) is 1. The molecule has 10 nitrogen and oxygen atoms in total. The molecule has 0 unspecified atom stereocenters. The molecule has 1 aromatic carbocycles. The summed E-state index contributed by atoms with van der Waals surface area (Å²) in [6.45, 7) is 0.198. The minimum Gasteiger partial charge on any atom is -0.351 e. The first kappa shape index (κ1) is 21.0. The number of carbonyl (C=O) groups is 4. The lowest BCUT2D eigenvalue weighted by Crippen LogP contribution is -2.50. The van der Waals surface area contributed by atoms with E-state index in [0.717, 1.165) is 17.0 Å². The molecule has 0 aromatic heterocycles. The van der Waals surface area contributed by atoms with Crippen molar-refractivity contribution in [1.82, 2.24) is 15.1 Å². The largest absolute Gasteiger partial charge is 0.351 e. The number of fused-ring (bicyclic) bond motifs is 1. The van der Waals surface area contributed by atoms with E-state index in [-0.39, 0.29) is 22.9 Å². The Kier molecular flexibility index (Phi) is 6.04. The summed E-state index contributed by atoms with van der Waals surface area (Å²) in [5.74, 6) is -2.32. The summed E-state index contributed by atoms with van der Waals surface area (Å²) in [6.07, 6.45) is 0.957. The Hall–Kier alpha value is -2.72. The number of carbonyl (C=O) groups excluding carboxylic acids is 4. The van der Waals surface area contributed by atoms with Gasteiger partial charge in [-0.3, -0.25) is 34.2 Å². The molecule has 154 valence electrons. The van der Waals surface area contributed by atoms with Gasteiger partial charge in [-0.25, -0.2) is 0 Å². The number of nitrogens with zero attached hydrogens (tertiary/aromatic N) is 3. The van der Waals surface area contributed by atoms with Gasteiger partial charge < -0.3 is 10.2 Å². The molecule has 1 aromatic rings. The second kappa shape index (κ2) is 8.34. The summed E-state index contributed by atoms with van der Waals surface area (Å²) in [5, 5.41) is 13.6. The third kappa shape index (κ3) is 4.33. The highest BCUT2D eigenvalue weighted by atomic mass is 35.5. The summed E-state index contributed by atoms with van der Waals surface area (Å²) < 4.78 is 0. The third-order valence-electron chi connectivity index (χ3n) is 4.85.